The van der Waals surface area contributed by atoms with Gasteiger partial charge in [-0.1, -0.05) is 24.4 Å². The van der Waals surface area contributed by atoms with Crippen LogP contribution in [0.3, 0.4) is 0 Å². The smallest absolute Gasteiger partial charge is 0.238 e. The van der Waals surface area contributed by atoms with Crippen LogP contribution < -0.4 is 5.32 Å². The Morgan fingerprint density at radius 1 is 1.33 bits per heavy atom. The van der Waals surface area contributed by atoms with E-state index in [1.807, 2.05) is 0 Å². The Bertz CT molecular complexity index is 571. The molecule has 0 unspecified atom stereocenters. The van der Waals surface area contributed by atoms with Gasteiger partial charge in [0.1, 0.15) is 0 Å². The Morgan fingerprint density at radius 3 is 2.95 bits per heavy atom. The highest BCUT2D eigenvalue weighted by Crippen LogP contribution is 2.18. The van der Waals surface area contributed by atoms with Crippen LogP contribution in [0.5, 0.6) is 0 Å². The first kappa shape index (κ1) is 13.9. The minimum Gasteiger partial charge on any atom is -0.461 e. The molecule has 1 N–H and O–H groups in total. The predicted octanol–water partition coefficient (Wildman–Crippen LogP) is 2.71. The van der Waals surface area contributed by atoms with Crippen molar-refractivity contribution in [3.05, 3.63) is 24.3 Å². The SMILES string of the molecule is O=C(CCc1nc(-c2ccco2)no1)NC1CCCCC1. The minimum absolute atomic E-state index is 0.0552. The van der Waals surface area contributed by atoms with Crippen LogP contribution in [-0.4, -0.2) is 22.1 Å². The van der Waals surface area contributed by atoms with E-state index in [0.29, 0.717) is 36.4 Å². The zero-order valence-corrected chi connectivity index (χ0v) is 11.9. The van der Waals surface area contributed by atoms with Crippen molar-refractivity contribution in [2.45, 2.75) is 51.0 Å². The van der Waals surface area contributed by atoms with E-state index in [2.05, 4.69) is 15.5 Å². The topological polar surface area (TPSA) is 81.2 Å². The number of rotatable bonds is 5. The summed E-state index contributed by atoms with van der Waals surface area (Å²) in [4.78, 5) is 16.1. The molecule has 2 aromatic rings. The van der Waals surface area contributed by atoms with Crippen LogP contribution in [0.4, 0.5) is 0 Å². The van der Waals surface area contributed by atoms with Crippen molar-refractivity contribution in [1.82, 2.24) is 15.5 Å². The molecule has 6 heteroatoms. The van der Waals surface area contributed by atoms with E-state index in [1.165, 1.54) is 19.3 Å². The van der Waals surface area contributed by atoms with Crippen molar-refractivity contribution < 1.29 is 13.7 Å². The number of carbonyl (C=O) groups excluding carboxylic acids is 1. The van der Waals surface area contributed by atoms with E-state index in [0.717, 1.165) is 12.8 Å². The highest BCUT2D eigenvalue weighted by atomic mass is 16.5. The van der Waals surface area contributed by atoms with Gasteiger partial charge in [0.15, 0.2) is 5.76 Å². The lowest BCUT2D eigenvalue weighted by Crippen LogP contribution is -2.36. The molecule has 2 heterocycles. The monoisotopic (exact) mass is 289 g/mol. The highest BCUT2D eigenvalue weighted by molar-refractivity contribution is 5.76. The molecule has 0 bridgehead atoms. The Kier molecular flexibility index (Phi) is 4.33. The number of aromatic nitrogens is 2. The Hall–Kier alpha value is -2.11. The van der Waals surface area contributed by atoms with E-state index in [9.17, 15) is 4.79 Å². The van der Waals surface area contributed by atoms with Crippen LogP contribution in [0, 0.1) is 0 Å². The summed E-state index contributed by atoms with van der Waals surface area (Å²) in [6.07, 6.45) is 8.27. The predicted molar refractivity (Wildman–Crippen MR) is 75.3 cm³/mol. The van der Waals surface area contributed by atoms with Gasteiger partial charge in [0.2, 0.25) is 17.6 Å². The van der Waals surface area contributed by atoms with Crippen molar-refractivity contribution in [3.63, 3.8) is 0 Å². The van der Waals surface area contributed by atoms with Gasteiger partial charge in [-0.15, -0.1) is 0 Å². The van der Waals surface area contributed by atoms with Crippen LogP contribution >= 0.6 is 0 Å². The second kappa shape index (κ2) is 6.56. The van der Waals surface area contributed by atoms with Crippen molar-refractivity contribution in [2.75, 3.05) is 0 Å². The van der Waals surface area contributed by atoms with Gasteiger partial charge in [-0.25, -0.2) is 0 Å². The first-order valence-corrected chi connectivity index (χ1v) is 7.47. The fraction of sp³-hybridized carbons (Fsp3) is 0.533. The number of nitrogens with zero attached hydrogens (tertiary/aromatic N) is 2. The lowest BCUT2D eigenvalue weighted by atomic mass is 9.95. The first-order chi connectivity index (χ1) is 10.3. The van der Waals surface area contributed by atoms with Crippen molar-refractivity contribution in [3.8, 4) is 11.6 Å². The lowest BCUT2D eigenvalue weighted by molar-refractivity contribution is -0.122. The quantitative estimate of drug-likeness (QED) is 0.915. The van der Waals surface area contributed by atoms with Crippen molar-refractivity contribution in [2.24, 2.45) is 0 Å². The molecule has 1 saturated carbocycles. The standard InChI is InChI=1S/C15H19N3O3/c19-13(16-11-5-2-1-3-6-11)8-9-14-17-15(18-21-14)12-7-4-10-20-12/h4,7,10-11H,1-3,5-6,8-9H2,(H,16,19). The molecule has 1 fully saturated rings. The molecule has 0 spiro atoms. The van der Waals surface area contributed by atoms with Crippen LogP contribution in [0.1, 0.15) is 44.4 Å². The first-order valence-electron chi connectivity index (χ1n) is 7.47. The Balaban J connectivity index is 1.47. The third-order valence-electron chi connectivity index (χ3n) is 3.75. The number of hydrogen-bond acceptors (Lipinski definition) is 5. The maximum atomic E-state index is 11.9. The molecule has 112 valence electrons. The molecule has 1 amide bonds. The maximum Gasteiger partial charge on any atom is 0.238 e. The second-order valence-electron chi connectivity index (χ2n) is 5.39. The van der Waals surface area contributed by atoms with E-state index in [1.54, 1.807) is 18.4 Å². The van der Waals surface area contributed by atoms with Crippen LogP contribution in [0.15, 0.2) is 27.3 Å². The summed E-state index contributed by atoms with van der Waals surface area (Å²) in [6, 6.07) is 3.88. The lowest BCUT2D eigenvalue weighted by Gasteiger charge is -2.22. The zero-order valence-electron chi connectivity index (χ0n) is 11.9. The normalized spacial score (nSPS) is 16.0. The second-order valence-corrected chi connectivity index (χ2v) is 5.39. The molecule has 0 aliphatic heterocycles. The molecule has 3 rings (SSSR count). The summed E-state index contributed by atoms with van der Waals surface area (Å²) >= 11 is 0. The van der Waals surface area contributed by atoms with Gasteiger partial charge < -0.3 is 14.3 Å². The van der Waals surface area contributed by atoms with Crippen LogP contribution in [0.2, 0.25) is 0 Å². The summed E-state index contributed by atoms with van der Waals surface area (Å²) in [5.41, 5.74) is 0. The molecular weight excluding hydrogens is 270 g/mol. The van der Waals surface area contributed by atoms with E-state index < -0.39 is 0 Å². The van der Waals surface area contributed by atoms with Gasteiger partial charge in [0.05, 0.1) is 6.26 Å². The Morgan fingerprint density at radius 2 is 2.19 bits per heavy atom. The largest absolute Gasteiger partial charge is 0.461 e. The summed E-state index contributed by atoms with van der Waals surface area (Å²) < 4.78 is 10.3. The summed E-state index contributed by atoms with van der Waals surface area (Å²) in [7, 11) is 0. The van der Waals surface area contributed by atoms with Gasteiger partial charge >= 0.3 is 0 Å². The third kappa shape index (κ3) is 3.71. The van der Waals surface area contributed by atoms with Crippen molar-refractivity contribution in [1.29, 1.82) is 0 Å². The number of furan rings is 1. The van der Waals surface area contributed by atoms with Gasteiger partial charge in [0.25, 0.3) is 0 Å². The summed E-state index contributed by atoms with van der Waals surface area (Å²) in [6.45, 7) is 0. The van der Waals surface area contributed by atoms with Gasteiger partial charge in [-0.3, -0.25) is 4.79 Å². The maximum absolute atomic E-state index is 11.9. The van der Waals surface area contributed by atoms with E-state index in [4.69, 9.17) is 8.94 Å². The fourth-order valence-corrected chi connectivity index (χ4v) is 2.63. The zero-order chi connectivity index (χ0) is 14.5. The highest BCUT2D eigenvalue weighted by Gasteiger charge is 2.17. The average Bonchev–Trinajstić information content (AvgIpc) is 3.17. The number of carbonyl (C=O) groups is 1. The molecular formula is C15H19N3O3. The number of aryl methyl sites for hydroxylation is 1. The van der Waals surface area contributed by atoms with Crippen molar-refractivity contribution >= 4 is 5.91 Å². The van der Waals surface area contributed by atoms with Gasteiger partial charge in [0, 0.05) is 18.9 Å². The molecule has 2 aromatic heterocycles. The van der Waals surface area contributed by atoms with Gasteiger partial charge in [-0.2, -0.15) is 4.98 Å². The minimum atomic E-state index is 0.0552. The molecule has 0 atom stereocenters. The summed E-state index contributed by atoms with van der Waals surface area (Å²) in [5, 5.41) is 6.92. The van der Waals surface area contributed by atoms with Crippen LogP contribution in [0.25, 0.3) is 11.6 Å². The number of hydrogen-bond donors (Lipinski definition) is 1. The number of nitrogens with one attached hydrogen (secondary N) is 1. The Labute approximate surface area is 122 Å². The molecule has 21 heavy (non-hydrogen) atoms. The third-order valence-corrected chi connectivity index (χ3v) is 3.75. The molecule has 0 radical (unpaired) electrons. The van der Waals surface area contributed by atoms with Gasteiger partial charge in [-0.05, 0) is 25.0 Å². The molecule has 0 saturated heterocycles. The molecule has 0 aromatic carbocycles. The van der Waals surface area contributed by atoms with E-state index >= 15 is 0 Å². The molecule has 6 nitrogen and oxygen atoms in total. The van der Waals surface area contributed by atoms with Crippen LogP contribution in [-0.2, 0) is 11.2 Å². The fourth-order valence-electron chi connectivity index (χ4n) is 2.63. The summed E-state index contributed by atoms with van der Waals surface area (Å²) in [5.74, 6) is 1.50. The van der Waals surface area contributed by atoms with E-state index in [-0.39, 0.29) is 5.91 Å². The molecule has 1 aliphatic rings. The molecule has 1 aliphatic carbocycles. The number of amides is 1. The average molecular weight is 289 g/mol.